The minimum Gasteiger partial charge on any atom is -0.395 e. The third kappa shape index (κ3) is 4.70. The fourth-order valence-corrected chi connectivity index (χ4v) is 11.2. The predicted octanol–water partition coefficient (Wildman–Crippen LogP) is 6.69. The average Bonchev–Trinajstić information content (AvgIpc) is 3.81. The minimum absolute atomic E-state index is 0.112. The van der Waals surface area contributed by atoms with Crippen LogP contribution in [-0.4, -0.2) is 60.1 Å². The van der Waals surface area contributed by atoms with Crippen LogP contribution in [0.25, 0.3) is 10.8 Å². The van der Waals surface area contributed by atoms with E-state index in [1.807, 2.05) is 98.0 Å². The molecular formula is C38H38FN5O4Si. The van der Waals surface area contributed by atoms with Crippen LogP contribution in [-0.2, 0) is 21.7 Å². The van der Waals surface area contributed by atoms with Crippen molar-refractivity contribution in [3.63, 3.8) is 0 Å². The number of aliphatic hydroxyl groups excluding tert-OH is 1. The maximum atomic E-state index is 16.4. The van der Waals surface area contributed by atoms with Crippen molar-refractivity contribution in [3.05, 3.63) is 114 Å². The molecule has 3 aliphatic heterocycles. The van der Waals surface area contributed by atoms with Gasteiger partial charge in [-0.15, -0.1) is 5.10 Å². The monoisotopic (exact) mass is 675 g/mol. The molecule has 1 saturated heterocycles. The molecule has 250 valence electrons. The number of nitrogens with zero attached hydrogens (tertiary/aromatic N) is 5. The van der Waals surface area contributed by atoms with E-state index in [4.69, 9.17) is 4.74 Å². The normalized spacial score (nSPS) is 23.7. The maximum Gasteiger partial charge on any atom is 0.264 e. The van der Waals surface area contributed by atoms with Crippen LogP contribution < -0.4 is 9.80 Å². The molecule has 4 heterocycles. The van der Waals surface area contributed by atoms with Crippen molar-refractivity contribution in [2.45, 2.75) is 56.1 Å². The summed E-state index contributed by atoms with van der Waals surface area (Å²) in [6.45, 7) is 5.59. The summed E-state index contributed by atoms with van der Waals surface area (Å²) in [6.07, 6.45) is 1.68. The molecule has 5 aromatic rings. The van der Waals surface area contributed by atoms with Gasteiger partial charge in [-0.25, -0.2) is 0 Å². The Morgan fingerprint density at radius 3 is 2.49 bits per heavy atom. The fraction of sp³-hybridized carbons (Fsp3) is 0.316. The number of aromatic nitrogens is 3. The van der Waals surface area contributed by atoms with Crippen LogP contribution in [0.2, 0.25) is 18.6 Å². The molecule has 49 heavy (non-hydrogen) atoms. The lowest BCUT2D eigenvalue weighted by atomic mass is 9.82. The molecule has 1 unspecified atom stereocenters. The van der Waals surface area contributed by atoms with Gasteiger partial charge in [0.05, 0.1) is 41.3 Å². The van der Waals surface area contributed by atoms with Crippen molar-refractivity contribution in [1.29, 1.82) is 0 Å². The maximum absolute atomic E-state index is 16.4. The van der Waals surface area contributed by atoms with E-state index in [1.165, 1.54) is 0 Å². The minimum atomic E-state index is -3.38. The highest BCUT2D eigenvalue weighted by Gasteiger charge is 2.66. The lowest BCUT2D eigenvalue weighted by molar-refractivity contribution is -0.145. The average molecular weight is 676 g/mol. The number of hydrogen-bond acceptors (Lipinski definition) is 6. The van der Waals surface area contributed by atoms with E-state index < -0.39 is 31.6 Å². The zero-order valence-corrected chi connectivity index (χ0v) is 28.9. The van der Waals surface area contributed by atoms with Crippen molar-refractivity contribution in [2.75, 3.05) is 23.5 Å². The summed E-state index contributed by atoms with van der Waals surface area (Å²) in [5.74, 6) is -1.14. The summed E-state index contributed by atoms with van der Waals surface area (Å²) in [5.41, 5.74) is 3.11. The Morgan fingerprint density at radius 2 is 1.76 bits per heavy atom. The first-order valence-corrected chi connectivity index (χ1v) is 19.7. The lowest BCUT2D eigenvalue weighted by Gasteiger charge is -2.31. The molecule has 3 aliphatic rings. The summed E-state index contributed by atoms with van der Waals surface area (Å²) < 4.78 is 25.0. The van der Waals surface area contributed by atoms with Gasteiger partial charge >= 0.3 is 0 Å². The van der Waals surface area contributed by atoms with Gasteiger partial charge in [-0.2, -0.15) is 0 Å². The second kappa shape index (κ2) is 11.4. The molecule has 2 amide bonds. The molecule has 9 nitrogen and oxygen atoms in total. The Morgan fingerprint density at radius 1 is 1.00 bits per heavy atom. The lowest BCUT2D eigenvalue weighted by Crippen LogP contribution is -2.44. The highest BCUT2D eigenvalue weighted by atomic mass is 28.4. The number of aryl methyl sites for hydroxylation is 1. The Bertz CT molecular complexity index is 2110. The topological polar surface area (TPSA) is 101 Å². The summed E-state index contributed by atoms with van der Waals surface area (Å²) in [6, 6.07) is 26.9. The number of ether oxygens (including phenoxy) is 1. The van der Waals surface area contributed by atoms with Crippen molar-refractivity contribution < 1.29 is 23.5 Å². The highest BCUT2D eigenvalue weighted by Crippen LogP contribution is 2.60. The first-order chi connectivity index (χ1) is 23.5. The predicted molar refractivity (Wildman–Crippen MR) is 188 cm³/mol. The number of aliphatic hydroxyl groups is 1. The van der Waals surface area contributed by atoms with E-state index in [2.05, 4.69) is 10.3 Å². The molecule has 1 aromatic heterocycles. The number of likely N-dealkylation sites (N-methyl/N-ethyl adjacent to an activating group) is 1. The van der Waals surface area contributed by atoms with Gasteiger partial charge in [-0.3, -0.25) is 19.2 Å². The van der Waals surface area contributed by atoms with Crippen LogP contribution in [0.4, 0.5) is 21.2 Å². The zero-order chi connectivity index (χ0) is 34.2. The fourth-order valence-electron chi connectivity index (χ4n) is 8.62. The molecule has 1 spiro atoms. The number of amides is 2. The molecular weight excluding hydrogens is 638 g/mol. The van der Waals surface area contributed by atoms with E-state index in [0.29, 0.717) is 41.2 Å². The zero-order valence-electron chi connectivity index (χ0n) is 27.9. The Balaban J connectivity index is 1.13. The van der Waals surface area contributed by atoms with Gasteiger partial charge in [0, 0.05) is 47.9 Å². The number of rotatable bonds is 8. The molecule has 11 heteroatoms. The van der Waals surface area contributed by atoms with Crippen molar-refractivity contribution in [1.82, 2.24) is 15.0 Å². The van der Waals surface area contributed by atoms with Gasteiger partial charge < -0.3 is 18.9 Å². The number of hydrogen-bond donors (Lipinski definition) is 1. The number of anilines is 3. The van der Waals surface area contributed by atoms with Crippen molar-refractivity contribution >= 4 is 48.1 Å². The molecule has 8 rings (SSSR count). The van der Waals surface area contributed by atoms with Crippen LogP contribution in [0, 0.1) is 5.92 Å². The van der Waals surface area contributed by atoms with Gasteiger partial charge in [-0.1, -0.05) is 66.7 Å². The Kier molecular flexibility index (Phi) is 7.36. The Hall–Kier alpha value is -4.71. The van der Waals surface area contributed by atoms with Crippen LogP contribution >= 0.6 is 0 Å². The van der Waals surface area contributed by atoms with Crippen molar-refractivity contribution in [3.8, 4) is 0 Å². The third-order valence-electron chi connectivity index (χ3n) is 10.8. The molecule has 0 radical (unpaired) electrons. The Labute approximate surface area is 285 Å². The van der Waals surface area contributed by atoms with Crippen molar-refractivity contribution in [2.24, 2.45) is 5.92 Å². The van der Waals surface area contributed by atoms with E-state index in [-0.39, 0.29) is 24.3 Å². The molecule has 0 bridgehead atoms. The second-order valence-electron chi connectivity index (χ2n) is 14.0. The van der Waals surface area contributed by atoms with Gasteiger partial charge in [0.15, 0.2) is 5.60 Å². The SMILES string of the molecule is C[C@@H]1[C@@H]([Si](C)(C)F)[C@H](CCn2cc(C(CO)c3ccccc3)nn2)O[C@@]12C(=O)N(C)c1ccc(N3C(=O)c4cccc5cccc3c45)cc12. The van der Waals surface area contributed by atoms with Gasteiger partial charge in [-0.05, 0) is 60.8 Å². The first-order valence-electron chi connectivity index (χ1n) is 16.8. The first kappa shape index (κ1) is 31.5. The summed E-state index contributed by atoms with van der Waals surface area (Å²) in [7, 11) is -1.65. The highest BCUT2D eigenvalue weighted by molar-refractivity contribution is 6.72. The van der Waals surface area contributed by atoms with Gasteiger partial charge in [0.2, 0.25) is 8.41 Å². The largest absolute Gasteiger partial charge is 0.395 e. The van der Waals surface area contributed by atoms with Gasteiger partial charge in [0.25, 0.3) is 11.8 Å². The number of fused-ring (bicyclic) bond motifs is 2. The summed E-state index contributed by atoms with van der Waals surface area (Å²) >= 11 is 0. The molecule has 5 atom stereocenters. The van der Waals surface area contributed by atoms with Crippen LogP contribution in [0.5, 0.6) is 0 Å². The standard InChI is InChI=1S/C38H38FN5O4Si/c1-23-35(49(3,4)39)33(18-19-43-21-30(40-41-43)28(22-45)24-10-6-5-7-11-24)48-38(23)29-20-26(16-17-31(29)42(2)37(38)47)44-32-15-9-13-25-12-8-14-27(34(25)32)36(44)46/h5-17,20-21,23,28,33,35,45H,18-19,22H2,1-4H3/t23-,28?,33+,35-,38+/m1/s1. The number of halogens is 1. The van der Waals surface area contributed by atoms with E-state index in [9.17, 15) is 14.7 Å². The van der Waals surface area contributed by atoms with Gasteiger partial charge in [0.1, 0.15) is 0 Å². The molecule has 0 saturated carbocycles. The van der Waals surface area contributed by atoms with E-state index >= 15 is 4.11 Å². The molecule has 0 aliphatic carbocycles. The summed E-state index contributed by atoms with van der Waals surface area (Å²) in [5, 5.41) is 20.7. The third-order valence-corrected chi connectivity index (χ3v) is 13.3. The van der Waals surface area contributed by atoms with E-state index in [1.54, 1.807) is 34.6 Å². The van der Waals surface area contributed by atoms with E-state index in [0.717, 1.165) is 22.0 Å². The number of benzene rings is 4. The number of carbonyl (C=O) groups excluding carboxylic acids is 2. The van der Waals surface area contributed by atoms with Crippen LogP contribution in [0.3, 0.4) is 0 Å². The second-order valence-corrected chi connectivity index (χ2v) is 17.8. The van der Waals surface area contributed by atoms with Crippen LogP contribution in [0.1, 0.15) is 46.4 Å². The quantitative estimate of drug-likeness (QED) is 0.145. The molecule has 1 N–H and O–H groups in total. The smallest absolute Gasteiger partial charge is 0.264 e. The summed E-state index contributed by atoms with van der Waals surface area (Å²) in [4.78, 5) is 31.5. The molecule has 4 aromatic carbocycles. The molecule has 1 fully saturated rings. The van der Waals surface area contributed by atoms with Crippen LogP contribution in [0.15, 0.2) is 91.1 Å². The number of carbonyl (C=O) groups is 2.